The van der Waals surface area contributed by atoms with Gasteiger partial charge in [0.15, 0.2) is 0 Å². The molecule has 0 unspecified atom stereocenters. The molecule has 0 bridgehead atoms. The Bertz CT molecular complexity index is 949. The largest absolute Gasteiger partial charge is 0.507 e. The third kappa shape index (κ3) is 4.16. The summed E-state index contributed by atoms with van der Waals surface area (Å²) in [5.41, 5.74) is 1.25. The van der Waals surface area contributed by atoms with Crippen LogP contribution in [0.25, 0.3) is 5.76 Å². The predicted molar refractivity (Wildman–Crippen MR) is 114 cm³/mol. The number of carbonyl (C=O) groups excluding carboxylic acids is 2. The van der Waals surface area contributed by atoms with Gasteiger partial charge in [-0.15, -0.1) is 0 Å². The quantitative estimate of drug-likeness (QED) is 0.430. The van der Waals surface area contributed by atoms with E-state index in [1.807, 2.05) is 19.0 Å². The molecular formula is C23H26N2O5. The number of carbonyl (C=O) groups is 2. The van der Waals surface area contributed by atoms with Gasteiger partial charge in [-0.25, -0.2) is 0 Å². The van der Waals surface area contributed by atoms with Crippen LogP contribution in [0.15, 0.2) is 54.1 Å². The second-order valence-corrected chi connectivity index (χ2v) is 7.30. The Morgan fingerprint density at radius 3 is 2.00 bits per heavy atom. The number of rotatable bonds is 7. The van der Waals surface area contributed by atoms with Crippen molar-refractivity contribution in [3.63, 3.8) is 0 Å². The highest BCUT2D eigenvalue weighted by Gasteiger charge is 2.45. The number of methoxy groups -OCH3 is 2. The van der Waals surface area contributed by atoms with Crippen LogP contribution < -0.4 is 9.47 Å². The maximum Gasteiger partial charge on any atom is 0.295 e. The van der Waals surface area contributed by atoms with E-state index < -0.39 is 17.7 Å². The number of ketones is 1. The summed E-state index contributed by atoms with van der Waals surface area (Å²) in [4.78, 5) is 29.2. The van der Waals surface area contributed by atoms with Gasteiger partial charge in [-0.1, -0.05) is 12.1 Å². The normalized spacial score (nSPS) is 18.2. The Kier molecular flexibility index (Phi) is 6.42. The zero-order valence-electron chi connectivity index (χ0n) is 17.6. The van der Waals surface area contributed by atoms with E-state index in [0.717, 1.165) is 5.56 Å². The lowest BCUT2D eigenvalue weighted by molar-refractivity contribution is -0.140. The molecule has 2 aromatic carbocycles. The number of nitrogens with zero attached hydrogens (tertiary/aromatic N) is 2. The van der Waals surface area contributed by atoms with Crippen molar-refractivity contribution in [2.75, 3.05) is 41.4 Å². The molecule has 1 atom stereocenters. The first-order valence-corrected chi connectivity index (χ1v) is 9.59. The van der Waals surface area contributed by atoms with Crippen molar-refractivity contribution in [3.8, 4) is 11.5 Å². The Morgan fingerprint density at radius 1 is 0.967 bits per heavy atom. The van der Waals surface area contributed by atoms with Crippen molar-refractivity contribution in [3.05, 3.63) is 65.2 Å². The van der Waals surface area contributed by atoms with Crippen molar-refractivity contribution < 1.29 is 24.2 Å². The van der Waals surface area contributed by atoms with Crippen molar-refractivity contribution in [2.45, 2.75) is 6.04 Å². The molecule has 1 fully saturated rings. The number of aliphatic hydroxyl groups excluding tert-OH is 1. The number of hydrogen-bond donors (Lipinski definition) is 1. The van der Waals surface area contributed by atoms with Crippen molar-refractivity contribution in [1.82, 2.24) is 9.80 Å². The second-order valence-electron chi connectivity index (χ2n) is 7.30. The summed E-state index contributed by atoms with van der Waals surface area (Å²) in [5.74, 6) is -0.219. The Morgan fingerprint density at radius 2 is 1.50 bits per heavy atom. The third-order valence-electron chi connectivity index (χ3n) is 5.12. The van der Waals surface area contributed by atoms with E-state index in [2.05, 4.69) is 0 Å². The van der Waals surface area contributed by atoms with Crippen LogP contribution in [0.1, 0.15) is 17.2 Å². The van der Waals surface area contributed by atoms with Crippen LogP contribution in [0, 0.1) is 0 Å². The zero-order chi connectivity index (χ0) is 21.8. The monoisotopic (exact) mass is 410 g/mol. The molecule has 1 aliphatic rings. The zero-order valence-corrected chi connectivity index (χ0v) is 17.6. The summed E-state index contributed by atoms with van der Waals surface area (Å²) in [6, 6.07) is 13.2. The standard InChI is InChI=1S/C23H26N2O5/c1-24(2)13-14-25-20(15-5-9-17(29-3)10-6-15)19(22(27)23(25)28)21(26)16-7-11-18(30-4)12-8-16/h5-12,20,26H,13-14H2,1-4H3/t20-/m0/s1. The lowest BCUT2D eigenvalue weighted by atomic mass is 9.95. The second kappa shape index (κ2) is 9.00. The molecule has 1 saturated heterocycles. The molecule has 0 aromatic heterocycles. The minimum absolute atomic E-state index is 0.0779. The Balaban J connectivity index is 2.11. The molecule has 158 valence electrons. The minimum Gasteiger partial charge on any atom is -0.507 e. The summed E-state index contributed by atoms with van der Waals surface area (Å²) in [6.45, 7) is 0.940. The topological polar surface area (TPSA) is 79.3 Å². The van der Waals surface area contributed by atoms with E-state index >= 15 is 0 Å². The maximum atomic E-state index is 12.9. The highest BCUT2D eigenvalue weighted by atomic mass is 16.5. The molecule has 1 aliphatic heterocycles. The van der Waals surface area contributed by atoms with Gasteiger partial charge in [0.1, 0.15) is 17.3 Å². The maximum absolute atomic E-state index is 12.9. The molecular weight excluding hydrogens is 384 g/mol. The summed E-state index contributed by atoms with van der Waals surface area (Å²) >= 11 is 0. The van der Waals surface area contributed by atoms with Gasteiger partial charge in [0.05, 0.1) is 25.8 Å². The molecule has 0 spiro atoms. The van der Waals surface area contributed by atoms with Crippen LogP contribution >= 0.6 is 0 Å². The summed E-state index contributed by atoms with van der Waals surface area (Å²) in [6.07, 6.45) is 0. The molecule has 3 rings (SSSR count). The molecule has 1 N–H and O–H groups in total. The number of benzene rings is 2. The smallest absolute Gasteiger partial charge is 0.295 e. The van der Waals surface area contributed by atoms with Gasteiger partial charge in [0.2, 0.25) is 0 Å². The summed E-state index contributed by atoms with van der Waals surface area (Å²) in [5, 5.41) is 11.0. The summed E-state index contributed by atoms with van der Waals surface area (Å²) in [7, 11) is 6.92. The first-order valence-electron chi connectivity index (χ1n) is 9.59. The van der Waals surface area contributed by atoms with Crippen LogP contribution in [0.5, 0.6) is 11.5 Å². The Labute approximate surface area is 176 Å². The van der Waals surface area contributed by atoms with Gasteiger partial charge in [-0.3, -0.25) is 9.59 Å². The van der Waals surface area contributed by atoms with Gasteiger partial charge in [-0.05, 0) is 56.1 Å². The summed E-state index contributed by atoms with van der Waals surface area (Å²) < 4.78 is 10.4. The lowest BCUT2D eigenvalue weighted by Gasteiger charge is -2.26. The van der Waals surface area contributed by atoms with Crippen LogP contribution in [0.4, 0.5) is 0 Å². The van der Waals surface area contributed by atoms with Gasteiger partial charge in [-0.2, -0.15) is 0 Å². The highest BCUT2D eigenvalue weighted by Crippen LogP contribution is 2.39. The molecule has 30 heavy (non-hydrogen) atoms. The molecule has 7 heteroatoms. The van der Waals surface area contributed by atoms with Gasteiger partial charge in [0.25, 0.3) is 11.7 Å². The van der Waals surface area contributed by atoms with Gasteiger partial charge in [0, 0.05) is 18.7 Å². The number of hydrogen-bond acceptors (Lipinski definition) is 6. The number of likely N-dealkylation sites (N-methyl/N-ethyl adjacent to an activating group) is 1. The van der Waals surface area contributed by atoms with Crippen LogP contribution in [-0.2, 0) is 9.59 Å². The minimum atomic E-state index is -0.692. The van der Waals surface area contributed by atoms with Gasteiger partial charge >= 0.3 is 0 Å². The lowest BCUT2D eigenvalue weighted by Crippen LogP contribution is -2.35. The molecule has 0 saturated carbocycles. The van der Waals surface area contributed by atoms with Crippen LogP contribution in [0.3, 0.4) is 0 Å². The van der Waals surface area contributed by atoms with E-state index in [9.17, 15) is 14.7 Å². The first-order chi connectivity index (χ1) is 14.4. The van der Waals surface area contributed by atoms with Crippen molar-refractivity contribution in [1.29, 1.82) is 0 Å². The average molecular weight is 410 g/mol. The van der Waals surface area contributed by atoms with Crippen molar-refractivity contribution in [2.24, 2.45) is 0 Å². The molecule has 7 nitrogen and oxygen atoms in total. The number of amides is 1. The molecule has 1 amide bonds. The predicted octanol–water partition coefficient (Wildman–Crippen LogP) is 2.69. The fraction of sp³-hybridized carbons (Fsp3) is 0.304. The van der Waals surface area contributed by atoms with E-state index in [1.54, 1.807) is 62.8 Å². The molecule has 1 heterocycles. The van der Waals surface area contributed by atoms with E-state index in [4.69, 9.17) is 9.47 Å². The van der Waals surface area contributed by atoms with E-state index in [1.165, 1.54) is 4.90 Å². The van der Waals surface area contributed by atoms with E-state index in [-0.39, 0.29) is 11.3 Å². The SMILES string of the molecule is COc1ccc(C(O)=C2C(=O)C(=O)N(CCN(C)C)[C@H]2c2ccc(OC)cc2)cc1. The third-order valence-corrected chi connectivity index (χ3v) is 5.12. The molecule has 2 aromatic rings. The number of likely N-dealkylation sites (tertiary alicyclic amines) is 1. The van der Waals surface area contributed by atoms with Crippen molar-refractivity contribution >= 4 is 17.4 Å². The number of aliphatic hydroxyl groups is 1. The fourth-order valence-electron chi connectivity index (χ4n) is 3.46. The molecule has 0 aliphatic carbocycles. The fourth-order valence-corrected chi connectivity index (χ4v) is 3.46. The Hall–Kier alpha value is -3.32. The highest BCUT2D eigenvalue weighted by molar-refractivity contribution is 6.46. The average Bonchev–Trinajstić information content (AvgIpc) is 3.02. The molecule has 0 radical (unpaired) electrons. The number of Topliss-reactive ketones (excluding diaryl/α,β-unsaturated/α-hetero) is 1. The van der Waals surface area contributed by atoms with Gasteiger partial charge < -0.3 is 24.4 Å². The number of ether oxygens (including phenoxy) is 2. The van der Waals surface area contributed by atoms with Crippen LogP contribution in [0.2, 0.25) is 0 Å². The first kappa shape index (κ1) is 21.4. The van der Waals surface area contributed by atoms with Crippen LogP contribution in [-0.4, -0.2) is 68.0 Å². The van der Waals surface area contributed by atoms with E-state index in [0.29, 0.717) is 30.2 Å².